The summed E-state index contributed by atoms with van der Waals surface area (Å²) in [6, 6.07) is 6.38. The summed E-state index contributed by atoms with van der Waals surface area (Å²) in [6.45, 7) is 13.3. The molecule has 0 saturated carbocycles. The first-order valence-electron chi connectivity index (χ1n) is 7.92. The van der Waals surface area contributed by atoms with Gasteiger partial charge in [-0.2, -0.15) is 0 Å². The molecule has 0 bridgehead atoms. The molecule has 1 N–H and O–H groups in total. The molecule has 1 aromatic heterocycles. The molecule has 0 aliphatic carbocycles. The number of pyridine rings is 1. The van der Waals surface area contributed by atoms with E-state index < -0.39 is 0 Å². The first-order chi connectivity index (χ1) is 9.50. The van der Waals surface area contributed by atoms with Crippen molar-refractivity contribution in [1.82, 2.24) is 10.3 Å². The van der Waals surface area contributed by atoms with E-state index in [1.54, 1.807) is 0 Å². The molecule has 3 nitrogen and oxygen atoms in total. The highest BCUT2D eigenvalue weighted by atomic mass is 15.2. The van der Waals surface area contributed by atoms with Gasteiger partial charge in [0.1, 0.15) is 5.82 Å². The number of anilines is 1. The van der Waals surface area contributed by atoms with Gasteiger partial charge >= 0.3 is 0 Å². The van der Waals surface area contributed by atoms with Gasteiger partial charge in [-0.05, 0) is 42.9 Å². The van der Waals surface area contributed by atoms with Crippen LogP contribution in [0.1, 0.15) is 46.2 Å². The maximum atomic E-state index is 4.78. The SMILES string of the molecule is CCNCc1cccc(N2CCC(C(C)(C)C)CC2)n1. The second kappa shape index (κ2) is 6.57. The van der Waals surface area contributed by atoms with E-state index in [9.17, 15) is 0 Å². The Bertz CT molecular complexity index is 414. The summed E-state index contributed by atoms with van der Waals surface area (Å²) in [5, 5.41) is 3.34. The first-order valence-corrected chi connectivity index (χ1v) is 7.92. The van der Waals surface area contributed by atoms with Crippen LogP contribution in [0.5, 0.6) is 0 Å². The molecule has 2 heterocycles. The van der Waals surface area contributed by atoms with Crippen LogP contribution in [0.25, 0.3) is 0 Å². The zero-order valence-electron chi connectivity index (χ0n) is 13.4. The number of piperidine rings is 1. The van der Waals surface area contributed by atoms with Crippen molar-refractivity contribution in [3.8, 4) is 0 Å². The zero-order chi connectivity index (χ0) is 14.6. The summed E-state index contributed by atoms with van der Waals surface area (Å²) in [6.07, 6.45) is 2.56. The van der Waals surface area contributed by atoms with Crippen molar-refractivity contribution in [2.24, 2.45) is 11.3 Å². The molecule has 2 rings (SSSR count). The van der Waals surface area contributed by atoms with Gasteiger partial charge in [0.15, 0.2) is 0 Å². The van der Waals surface area contributed by atoms with Crippen molar-refractivity contribution in [2.75, 3.05) is 24.5 Å². The van der Waals surface area contributed by atoms with E-state index >= 15 is 0 Å². The second-order valence-corrected chi connectivity index (χ2v) is 6.89. The predicted octanol–water partition coefficient (Wildman–Crippen LogP) is 3.45. The van der Waals surface area contributed by atoms with Gasteiger partial charge in [-0.15, -0.1) is 0 Å². The van der Waals surface area contributed by atoms with Crippen molar-refractivity contribution >= 4 is 5.82 Å². The molecule has 1 aliphatic rings. The van der Waals surface area contributed by atoms with Gasteiger partial charge in [-0.3, -0.25) is 0 Å². The van der Waals surface area contributed by atoms with E-state index in [1.165, 1.54) is 12.8 Å². The molecule has 1 aromatic rings. The number of aromatic nitrogens is 1. The average molecular weight is 275 g/mol. The Morgan fingerprint density at radius 1 is 1.25 bits per heavy atom. The molecular formula is C17H29N3. The van der Waals surface area contributed by atoms with E-state index in [2.05, 4.69) is 56.1 Å². The van der Waals surface area contributed by atoms with Crippen LogP contribution in [0.4, 0.5) is 5.82 Å². The quantitative estimate of drug-likeness (QED) is 0.912. The van der Waals surface area contributed by atoms with Crippen LogP contribution in [-0.2, 0) is 6.54 Å². The smallest absolute Gasteiger partial charge is 0.128 e. The van der Waals surface area contributed by atoms with Crippen molar-refractivity contribution in [3.05, 3.63) is 23.9 Å². The molecule has 3 heteroatoms. The van der Waals surface area contributed by atoms with Gasteiger partial charge in [0.05, 0.1) is 5.69 Å². The topological polar surface area (TPSA) is 28.2 Å². The van der Waals surface area contributed by atoms with Gasteiger partial charge < -0.3 is 10.2 Å². The van der Waals surface area contributed by atoms with Crippen LogP contribution in [0.3, 0.4) is 0 Å². The fourth-order valence-corrected chi connectivity index (χ4v) is 2.97. The standard InChI is InChI=1S/C17H29N3/c1-5-18-13-15-7-6-8-16(19-15)20-11-9-14(10-12-20)17(2,3)4/h6-8,14,18H,5,9-13H2,1-4H3. The fraction of sp³-hybridized carbons (Fsp3) is 0.706. The van der Waals surface area contributed by atoms with Crippen molar-refractivity contribution in [1.29, 1.82) is 0 Å². The van der Waals surface area contributed by atoms with Gasteiger partial charge in [0.25, 0.3) is 0 Å². The minimum atomic E-state index is 0.437. The summed E-state index contributed by atoms with van der Waals surface area (Å²) in [5.41, 5.74) is 1.58. The Kier molecular flexibility index (Phi) is 5.03. The summed E-state index contributed by atoms with van der Waals surface area (Å²) >= 11 is 0. The molecular weight excluding hydrogens is 246 g/mol. The number of rotatable bonds is 4. The van der Waals surface area contributed by atoms with E-state index in [4.69, 9.17) is 4.98 Å². The minimum absolute atomic E-state index is 0.437. The molecule has 1 saturated heterocycles. The number of nitrogens with zero attached hydrogens (tertiary/aromatic N) is 2. The van der Waals surface area contributed by atoms with Crippen LogP contribution in [0.15, 0.2) is 18.2 Å². The van der Waals surface area contributed by atoms with Crippen LogP contribution < -0.4 is 10.2 Å². The van der Waals surface area contributed by atoms with E-state index in [-0.39, 0.29) is 0 Å². The molecule has 0 aromatic carbocycles. The zero-order valence-corrected chi connectivity index (χ0v) is 13.4. The van der Waals surface area contributed by atoms with E-state index in [0.29, 0.717) is 5.41 Å². The maximum absolute atomic E-state index is 4.78. The van der Waals surface area contributed by atoms with Gasteiger partial charge in [0.2, 0.25) is 0 Å². The third kappa shape index (κ3) is 3.95. The highest BCUT2D eigenvalue weighted by Gasteiger charge is 2.29. The van der Waals surface area contributed by atoms with Crippen molar-refractivity contribution in [3.63, 3.8) is 0 Å². The molecule has 112 valence electrons. The Labute approximate surface area is 123 Å². The third-order valence-corrected chi connectivity index (χ3v) is 4.39. The lowest BCUT2D eigenvalue weighted by molar-refractivity contribution is 0.198. The lowest BCUT2D eigenvalue weighted by Crippen LogP contribution is -2.38. The molecule has 1 aliphatic heterocycles. The lowest BCUT2D eigenvalue weighted by Gasteiger charge is -2.39. The first kappa shape index (κ1) is 15.3. The highest BCUT2D eigenvalue weighted by Crippen LogP contribution is 2.35. The van der Waals surface area contributed by atoms with Crippen LogP contribution in [0.2, 0.25) is 0 Å². The van der Waals surface area contributed by atoms with Crippen LogP contribution in [0, 0.1) is 11.3 Å². The monoisotopic (exact) mass is 275 g/mol. The van der Waals surface area contributed by atoms with Gasteiger partial charge in [-0.1, -0.05) is 33.8 Å². The predicted molar refractivity (Wildman–Crippen MR) is 86.0 cm³/mol. The van der Waals surface area contributed by atoms with Gasteiger partial charge in [0, 0.05) is 19.6 Å². The lowest BCUT2D eigenvalue weighted by atomic mass is 9.75. The number of nitrogens with one attached hydrogen (secondary N) is 1. The Morgan fingerprint density at radius 3 is 2.55 bits per heavy atom. The summed E-state index contributed by atoms with van der Waals surface area (Å²) in [5.74, 6) is 1.98. The third-order valence-electron chi connectivity index (χ3n) is 4.39. The second-order valence-electron chi connectivity index (χ2n) is 6.89. The summed E-state index contributed by atoms with van der Waals surface area (Å²) in [4.78, 5) is 7.23. The minimum Gasteiger partial charge on any atom is -0.357 e. The Hall–Kier alpha value is -1.09. The number of hydrogen-bond acceptors (Lipinski definition) is 3. The Balaban J connectivity index is 1.96. The highest BCUT2D eigenvalue weighted by molar-refractivity contribution is 5.39. The number of hydrogen-bond donors (Lipinski definition) is 1. The molecule has 0 unspecified atom stereocenters. The summed E-state index contributed by atoms with van der Waals surface area (Å²) < 4.78 is 0. The molecule has 0 amide bonds. The van der Waals surface area contributed by atoms with E-state index in [1.807, 2.05) is 0 Å². The molecule has 1 fully saturated rings. The fourth-order valence-electron chi connectivity index (χ4n) is 2.97. The molecule has 0 radical (unpaired) electrons. The van der Waals surface area contributed by atoms with Crippen LogP contribution in [-0.4, -0.2) is 24.6 Å². The average Bonchev–Trinajstić information content (AvgIpc) is 2.45. The van der Waals surface area contributed by atoms with Crippen molar-refractivity contribution < 1.29 is 0 Å². The molecule has 20 heavy (non-hydrogen) atoms. The van der Waals surface area contributed by atoms with Crippen molar-refractivity contribution in [2.45, 2.75) is 47.1 Å². The largest absolute Gasteiger partial charge is 0.357 e. The molecule has 0 spiro atoms. The maximum Gasteiger partial charge on any atom is 0.128 e. The molecule has 0 atom stereocenters. The Morgan fingerprint density at radius 2 is 1.95 bits per heavy atom. The van der Waals surface area contributed by atoms with Gasteiger partial charge in [-0.25, -0.2) is 4.98 Å². The normalized spacial score (nSPS) is 17.5. The summed E-state index contributed by atoms with van der Waals surface area (Å²) in [7, 11) is 0. The van der Waals surface area contributed by atoms with E-state index in [0.717, 1.165) is 43.6 Å². The van der Waals surface area contributed by atoms with Crippen LogP contribution >= 0.6 is 0 Å².